The highest BCUT2D eigenvalue weighted by atomic mass is 32.2. The maximum absolute atomic E-state index is 9.11. The first-order valence-corrected chi connectivity index (χ1v) is 4.91. The van der Waals surface area contributed by atoms with Crippen LogP contribution in [0, 0.1) is 0 Å². The summed E-state index contributed by atoms with van der Waals surface area (Å²) < 4.78 is 9.11. The minimum absolute atomic E-state index is 0.581. The lowest BCUT2D eigenvalue weighted by atomic mass is 10.6. The fourth-order valence-corrected chi connectivity index (χ4v) is 1.88. The number of hydrogen-bond donors (Lipinski definition) is 2. The summed E-state index contributed by atoms with van der Waals surface area (Å²) in [5.74, 6) is 2.06. The Labute approximate surface area is 54.7 Å². The lowest BCUT2D eigenvalue weighted by Crippen LogP contribution is -1.89. The van der Waals surface area contributed by atoms with Crippen LogP contribution in [0.15, 0.2) is 0 Å². The van der Waals surface area contributed by atoms with Gasteiger partial charge in [-0.05, 0) is 24.3 Å². The van der Waals surface area contributed by atoms with E-state index in [0.717, 1.165) is 24.3 Å². The zero-order chi connectivity index (χ0) is 6.41. The third kappa shape index (κ3) is 4.47. The predicted octanol–water partition coefficient (Wildman–Crippen LogP) is 2.28. The monoisotopic (exact) mass is 136 g/mol. The molecule has 0 atom stereocenters. The number of rotatable bonds is 4. The van der Waals surface area contributed by atoms with Crippen LogP contribution in [0.4, 0.5) is 0 Å². The molecule has 2 heteroatoms. The molecule has 0 fully saturated rings. The quantitative estimate of drug-likeness (QED) is 0.568. The maximum atomic E-state index is 9.11. The van der Waals surface area contributed by atoms with Crippen LogP contribution in [-0.4, -0.2) is 16.1 Å². The predicted molar refractivity (Wildman–Crippen MR) is 41.9 cm³/mol. The molecule has 0 heterocycles. The molecule has 0 aliphatic carbocycles. The summed E-state index contributed by atoms with van der Waals surface area (Å²) in [5.41, 5.74) is 0. The summed E-state index contributed by atoms with van der Waals surface area (Å²) in [6.45, 7) is 4.22. The number of thiol groups is 1. The zero-order valence-electron chi connectivity index (χ0n) is 5.72. The molecule has 0 spiro atoms. The van der Waals surface area contributed by atoms with Crippen molar-refractivity contribution in [2.24, 2.45) is 0 Å². The standard InChI is InChI=1S/C6H16OS/c1-3-5-8(7)6-4-2/h7-8H,3-6H2,1-2H3. The summed E-state index contributed by atoms with van der Waals surface area (Å²) >= 11 is -0.581. The van der Waals surface area contributed by atoms with Gasteiger partial charge in [-0.25, -0.2) is 0 Å². The van der Waals surface area contributed by atoms with Crippen LogP contribution in [-0.2, 0) is 0 Å². The summed E-state index contributed by atoms with van der Waals surface area (Å²) in [5, 5.41) is 0. The van der Waals surface area contributed by atoms with Gasteiger partial charge in [0.2, 0.25) is 0 Å². The van der Waals surface area contributed by atoms with E-state index in [-0.39, 0.29) is 0 Å². The molecule has 0 radical (unpaired) electrons. The highest BCUT2D eigenvalue weighted by Crippen LogP contribution is 2.19. The van der Waals surface area contributed by atoms with Crippen molar-refractivity contribution in [3.63, 3.8) is 0 Å². The molecule has 0 aromatic rings. The maximum Gasteiger partial charge on any atom is -0.00410 e. The van der Waals surface area contributed by atoms with Gasteiger partial charge in [0.25, 0.3) is 0 Å². The fraction of sp³-hybridized carbons (Fsp3) is 1.00. The van der Waals surface area contributed by atoms with E-state index in [1.165, 1.54) is 0 Å². The van der Waals surface area contributed by atoms with E-state index in [4.69, 9.17) is 4.55 Å². The molecule has 1 N–H and O–H groups in total. The van der Waals surface area contributed by atoms with Crippen molar-refractivity contribution in [2.75, 3.05) is 11.5 Å². The second-order valence-electron chi connectivity index (χ2n) is 1.95. The first kappa shape index (κ1) is 8.31. The summed E-state index contributed by atoms with van der Waals surface area (Å²) in [6, 6.07) is 0. The highest BCUT2D eigenvalue weighted by Gasteiger charge is 1.92. The van der Waals surface area contributed by atoms with E-state index in [2.05, 4.69) is 13.8 Å². The van der Waals surface area contributed by atoms with E-state index in [1.807, 2.05) is 0 Å². The molecule has 8 heavy (non-hydrogen) atoms. The zero-order valence-corrected chi connectivity index (χ0v) is 6.62. The van der Waals surface area contributed by atoms with Crippen LogP contribution >= 0.6 is 11.2 Å². The average Bonchev–Trinajstić information content (AvgIpc) is 1.68. The Bertz CT molecular complexity index is 41.8. The Balaban J connectivity index is 2.92. The Morgan fingerprint density at radius 3 is 1.75 bits per heavy atom. The molecule has 52 valence electrons. The van der Waals surface area contributed by atoms with Crippen molar-refractivity contribution in [3.8, 4) is 0 Å². The Morgan fingerprint density at radius 1 is 1.12 bits per heavy atom. The van der Waals surface area contributed by atoms with E-state index in [1.54, 1.807) is 0 Å². The highest BCUT2D eigenvalue weighted by molar-refractivity contribution is 8.11. The summed E-state index contributed by atoms with van der Waals surface area (Å²) in [7, 11) is 0. The molecule has 0 bridgehead atoms. The van der Waals surface area contributed by atoms with Gasteiger partial charge in [0.05, 0.1) is 0 Å². The van der Waals surface area contributed by atoms with Gasteiger partial charge in [0.15, 0.2) is 0 Å². The van der Waals surface area contributed by atoms with E-state index >= 15 is 0 Å². The largest absolute Gasteiger partial charge is 0.354 e. The Morgan fingerprint density at radius 2 is 1.50 bits per heavy atom. The van der Waals surface area contributed by atoms with Gasteiger partial charge in [0, 0.05) is 0 Å². The molecule has 0 amide bonds. The van der Waals surface area contributed by atoms with E-state index < -0.39 is 11.2 Å². The van der Waals surface area contributed by atoms with Crippen LogP contribution in [0.2, 0.25) is 0 Å². The van der Waals surface area contributed by atoms with Crippen molar-refractivity contribution in [1.82, 2.24) is 0 Å². The van der Waals surface area contributed by atoms with Gasteiger partial charge in [-0.15, -0.1) is 0 Å². The first-order chi connectivity index (χ1) is 3.81. The van der Waals surface area contributed by atoms with Crippen LogP contribution in [0.25, 0.3) is 0 Å². The van der Waals surface area contributed by atoms with Crippen molar-refractivity contribution in [3.05, 3.63) is 0 Å². The van der Waals surface area contributed by atoms with Crippen LogP contribution in [0.5, 0.6) is 0 Å². The molecule has 0 aromatic heterocycles. The normalized spacial score (nSPS) is 11.6. The first-order valence-electron chi connectivity index (χ1n) is 3.25. The van der Waals surface area contributed by atoms with Crippen LogP contribution in [0.3, 0.4) is 0 Å². The van der Waals surface area contributed by atoms with Crippen molar-refractivity contribution in [2.45, 2.75) is 26.7 Å². The van der Waals surface area contributed by atoms with E-state index in [0.29, 0.717) is 0 Å². The second kappa shape index (κ2) is 5.45. The molecular formula is C6H16OS. The smallest absolute Gasteiger partial charge is 0.00410 e. The lowest BCUT2D eigenvalue weighted by Gasteiger charge is -2.10. The van der Waals surface area contributed by atoms with Gasteiger partial charge < -0.3 is 4.55 Å². The van der Waals surface area contributed by atoms with Gasteiger partial charge in [-0.3, -0.25) is 0 Å². The summed E-state index contributed by atoms with van der Waals surface area (Å²) in [4.78, 5) is 0. The number of hydrogen-bond acceptors (Lipinski definition) is 1. The molecule has 0 aliphatic rings. The minimum Gasteiger partial charge on any atom is -0.354 e. The van der Waals surface area contributed by atoms with Gasteiger partial charge in [-0.1, -0.05) is 13.8 Å². The second-order valence-corrected chi connectivity index (χ2v) is 3.86. The molecule has 1 nitrogen and oxygen atoms in total. The summed E-state index contributed by atoms with van der Waals surface area (Å²) in [6.07, 6.45) is 2.25. The molecule has 0 aromatic carbocycles. The van der Waals surface area contributed by atoms with Gasteiger partial charge >= 0.3 is 0 Å². The van der Waals surface area contributed by atoms with Gasteiger partial charge in [-0.2, -0.15) is 11.2 Å². The molecule has 0 saturated heterocycles. The Hall–Kier alpha value is 0.310. The molecular weight excluding hydrogens is 120 g/mol. The van der Waals surface area contributed by atoms with E-state index in [9.17, 15) is 0 Å². The van der Waals surface area contributed by atoms with Crippen LogP contribution in [0.1, 0.15) is 26.7 Å². The third-order valence-electron chi connectivity index (χ3n) is 0.963. The SMILES string of the molecule is CCC[SH](O)CCC. The average molecular weight is 136 g/mol. The van der Waals surface area contributed by atoms with Crippen molar-refractivity contribution < 1.29 is 4.55 Å². The lowest BCUT2D eigenvalue weighted by molar-refractivity contribution is 0.642. The van der Waals surface area contributed by atoms with Crippen molar-refractivity contribution in [1.29, 1.82) is 0 Å². The third-order valence-corrected chi connectivity index (χ3v) is 2.89. The topological polar surface area (TPSA) is 20.2 Å². The van der Waals surface area contributed by atoms with Gasteiger partial charge in [0.1, 0.15) is 0 Å². The Kier molecular flexibility index (Phi) is 5.66. The molecule has 0 saturated carbocycles. The van der Waals surface area contributed by atoms with Crippen molar-refractivity contribution >= 4 is 11.2 Å². The molecule has 0 aliphatic heterocycles. The molecule has 0 rings (SSSR count). The fourth-order valence-electron chi connectivity index (χ4n) is 0.628. The van der Waals surface area contributed by atoms with Crippen LogP contribution < -0.4 is 0 Å². The minimum atomic E-state index is -0.581. The molecule has 0 unspecified atom stereocenters.